The van der Waals surface area contributed by atoms with Crippen LogP contribution in [0.5, 0.6) is 0 Å². The van der Waals surface area contributed by atoms with Gasteiger partial charge in [0.15, 0.2) is 9.84 Å². The zero-order chi connectivity index (χ0) is 16.3. The summed E-state index contributed by atoms with van der Waals surface area (Å²) in [4.78, 5) is 15.5. The van der Waals surface area contributed by atoms with E-state index in [-0.39, 0.29) is 5.91 Å². The van der Waals surface area contributed by atoms with Gasteiger partial charge in [0.05, 0.1) is 0 Å². The van der Waals surface area contributed by atoms with Crippen LogP contribution in [0.2, 0.25) is 0 Å². The van der Waals surface area contributed by atoms with E-state index >= 15 is 0 Å². The average Bonchev–Trinajstić information content (AvgIpc) is 2.46. The summed E-state index contributed by atoms with van der Waals surface area (Å²) in [7, 11) is -4.79. The molecule has 0 bridgehead atoms. The molecule has 0 unspecified atom stereocenters. The number of nitrogens with zero attached hydrogens (tertiary/aromatic N) is 2. The highest BCUT2D eigenvalue weighted by Gasteiger charge is 2.23. The highest BCUT2D eigenvalue weighted by molar-refractivity contribution is 7.91. The molecule has 1 aromatic carbocycles. The minimum Gasteiger partial charge on any atom is -0.423 e. The van der Waals surface area contributed by atoms with Crippen LogP contribution in [0, 0.1) is 0 Å². The Balaban J connectivity index is 1.93. The summed E-state index contributed by atoms with van der Waals surface area (Å²) < 4.78 is 22.3. The number of anilines is 1. The first-order valence-electron chi connectivity index (χ1n) is 6.93. The van der Waals surface area contributed by atoms with Crippen LogP contribution < -0.4 is 10.4 Å². The summed E-state index contributed by atoms with van der Waals surface area (Å²) in [6.07, 6.45) is 1.05. The van der Waals surface area contributed by atoms with Gasteiger partial charge >= 0.3 is 7.12 Å². The summed E-state index contributed by atoms with van der Waals surface area (Å²) in [5.41, 5.74) is 1.35. The molecule has 2 N–H and O–H groups in total. The van der Waals surface area contributed by atoms with Gasteiger partial charge in [-0.3, -0.25) is 4.79 Å². The van der Waals surface area contributed by atoms with Gasteiger partial charge in [0.2, 0.25) is 5.91 Å². The summed E-state index contributed by atoms with van der Waals surface area (Å²) in [6.45, 7) is 2.16. The van der Waals surface area contributed by atoms with Crippen molar-refractivity contribution >= 4 is 34.0 Å². The second-order valence-electron chi connectivity index (χ2n) is 5.40. The molecular weight excluding hydrogens is 307 g/mol. The lowest BCUT2D eigenvalue weighted by Crippen LogP contribution is -2.50. The van der Waals surface area contributed by atoms with Crippen LogP contribution in [0.15, 0.2) is 24.3 Å². The Hall–Kier alpha value is -1.58. The van der Waals surface area contributed by atoms with Gasteiger partial charge in [0.1, 0.15) is 5.75 Å². The zero-order valence-electron chi connectivity index (χ0n) is 12.3. The lowest BCUT2D eigenvalue weighted by molar-refractivity contribution is -0.128. The van der Waals surface area contributed by atoms with E-state index in [1.165, 1.54) is 0 Å². The Labute approximate surface area is 130 Å². The normalized spacial score (nSPS) is 15.8. The molecule has 0 aromatic heterocycles. The number of amides is 1. The molecule has 1 heterocycles. The molecule has 0 saturated carbocycles. The second kappa shape index (κ2) is 6.68. The van der Waals surface area contributed by atoms with Crippen molar-refractivity contribution in [3.05, 3.63) is 24.3 Å². The Morgan fingerprint density at radius 2 is 1.68 bits per heavy atom. The van der Waals surface area contributed by atoms with Crippen molar-refractivity contribution in [1.29, 1.82) is 0 Å². The number of carbonyl (C=O) groups is 1. The van der Waals surface area contributed by atoms with Crippen molar-refractivity contribution in [2.75, 3.05) is 43.1 Å². The molecule has 0 atom stereocenters. The van der Waals surface area contributed by atoms with E-state index in [4.69, 9.17) is 10.0 Å². The number of rotatable bonds is 4. The van der Waals surface area contributed by atoms with Gasteiger partial charge in [-0.2, -0.15) is 0 Å². The fourth-order valence-corrected chi connectivity index (χ4v) is 3.02. The number of piperazine rings is 1. The van der Waals surface area contributed by atoms with Gasteiger partial charge in [-0.15, -0.1) is 0 Å². The van der Waals surface area contributed by atoms with Crippen LogP contribution in [0.1, 0.15) is 0 Å². The van der Waals surface area contributed by atoms with E-state index in [1.54, 1.807) is 29.2 Å². The molecule has 2 rings (SSSR count). The minimum absolute atomic E-state index is 0.360. The molecule has 1 aliphatic heterocycles. The van der Waals surface area contributed by atoms with E-state index in [0.29, 0.717) is 31.6 Å². The molecule has 1 fully saturated rings. The molecule has 1 saturated heterocycles. The first kappa shape index (κ1) is 16.8. The smallest absolute Gasteiger partial charge is 0.423 e. The van der Waals surface area contributed by atoms with E-state index in [0.717, 1.165) is 11.9 Å². The number of hydrogen-bond acceptors (Lipinski definition) is 6. The third-order valence-corrected chi connectivity index (χ3v) is 4.35. The fourth-order valence-electron chi connectivity index (χ4n) is 2.39. The summed E-state index contributed by atoms with van der Waals surface area (Å²) in [5, 5.41) is 18.1. The molecule has 0 radical (unpaired) electrons. The number of hydrogen-bond donors (Lipinski definition) is 2. The van der Waals surface area contributed by atoms with Crippen molar-refractivity contribution in [2.45, 2.75) is 0 Å². The number of sulfone groups is 1. The highest BCUT2D eigenvalue weighted by Crippen LogP contribution is 2.15. The summed E-state index contributed by atoms with van der Waals surface area (Å²) in [6, 6.07) is 6.87. The molecule has 1 aliphatic rings. The molecule has 0 aliphatic carbocycles. The van der Waals surface area contributed by atoms with E-state index in [1.807, 2.05) is 0 Å². The SMILES string of the molecule is CS(=O)(=O)CC(=O)N1CCN(c2ccc(B(O)O)cc2)CC1. The van der Waals surface area contributed by atoms with Gasteiger partial charge in [0.25, 0.3) is 0 Å². The second-order valence-corrected chi connectivity index (χ2v) is 7.54. The van der Waals surface area contributed by atoms with Crippen molar-refractivity contribution in [3.63, 3.8) is 0 Å². The Morgan fingerprint density at radius 1 is 1.14 bits per heavy atom. The van der Waals surface area contributed by atoms with E-state index < -0.39 is 22.7 Å². The van der Waals surface area contributed by atoms with Gasteiger partial charge in [-0.25, -0.2) is 8.42 Å². The fraction of sp³-hybridized carbons (Fsp3) is 0.462. The molecule has 9 heteroatoms. The lowest BCUT2D eigenvalue weighted by atomic mass is 9.80. The first-order chi connectivity index (χ1) is 10.3. The van der Waals surface area contributed by atoms with Crippen LogP contribution in [0.25, 0.3) is 0 Å². The quantitative estimate of drug-likeness (QED) is 0.625. The predicted molar refractivity (Wildman–Crippen MR) is 84.8 cm³/mol. The van der Waals surface area contributed by atoms with Crippen molar-refractivity contribution < 1.29 is 23.3 Å². The highest BCUT2D eigenvalue weighted by atomic mass is 32.2. The number of carbonyl (C=O) groups excluding carboxylic acids is 1. The van der Waals surface area contributed by atoms with Crippen LogP contribution in [0.3, 0.4) is 0 Å². The molecular formula is C13H19BN2O5S. The van der Waals surface area contributed by atoms with Crippen LogP contribution in [-0.4, -0.2) is 74.6 Å². The monoisotopic (exact) mass is 326 g/mol. The Bertz CT molecular complexity index is 624. The van der Waals surface area contributed by atoms with Gasteiger partial charge in [0, 0.05) is 38.1 Å². The average molecular weight is 326 g/mol. The molecule has 1 aromatic rings. The molecule has 22 heavy (non-hydrogen) atoms. The standard InChI is InChI=1S/C13H19BN2O5S/c1-22(20,21)10-13(17)16-8-6-15(7-9-16)12-4-2-11(3-5-12)14(18)19/h2-5,18-19H,6-10H2,1H3. The maximum Gasteiger partial charge on any atom is 0.488 e. The third-order valence-electron chi connectivity index (χ3n) is 3.57. The third kappa shape index (κ3) is 4.46. The Kier molecular flexibility index (Phi) is 5.10. The van der Waals surface area contributed by atoms with Crippen LogP contribution in [-0.2, 0) is 14.6 Å². The molecule has 0 spiro atoms. The van der Waals surface area contributed by atoms with Crippen molar-refractivity contribution in [1.82, 2.24) is 4.90 Å². The maximum atomic E-state index is 11.8. The lowest BCUT2D eigenvalue weighted by Gasteiger charge is -2.36. The van der Waals surface area contributed by atoms with Gasteiger partial charge in [-0.1, -0.05) is 12.1 Å². The van der Waals surface area contributed by atoms with Gasteiger partial charge in [-0.05, 0) is 17.6 Å². The Morgan fingerprint density at radius 3 is 2.14 bits per heavy atom. The van der Waals surface area contributed by atoms with Crippen molar-refractivity contribution in [3.8, 4) is 0 Å². The van der Waals surface area contributed by atoms with Crippen molar-refractivity contribution in [2.24, 2.45) is 0 Å². The zero-order valence-corrected chi connectivity index (χ0v) is 13.2. The van der Waals surface area contributed by atoms with E-state index in [2.05, 4.69) is 4.90 Å². The number of benzene rings is 1. The summed E-state index contributed by atoms with van der Waals surface area (Å²) in [5.74, 6) is -0.809. The molecule has 7 nitrogen and oxygen atoms in total. The largest absolute Gasteiger partial charge is 0.488 e. The van der Waals surface area contributed by atoms with Crippen LogP contribution in [0.4, 0.5) is 5.69 Å². The molecule has 1 amide bonds. The predicted octanol–water partition coefficient (Wildman–Crippen LogP) is -1.94. The van der Waals surface area contributed by atoms with Gasteiger partial charge < -0.3 is 19.8 Å². The van der Waals surface area contributed by atoms with Crippen LogP contribution >= 0.6 is 0 Å². The maximum absolute atomic E-state index is 11.8. The van der Waals surface area contributed by atoms with E-state index in [9.17, 15) is 13.2 Å². The minimum atomic E-state index is -3.30. The first-order valence-corrected chi connectivity index (χ1v) is 8.99. The summed E-state index contributed by atoms with van der Waals surface area (Å²) >= 11 is 0. The topological polar surface area (TPSA) is 98.2 Å². The molecule has 120 valence electrons.